The Morgan fingerprint density at radius 3 is 3.00 bits per heavy atom. The molecule has 2 aliphatic heterocycles. The molecule has 2 atom stereocenters. The molecular weight excluding hydrogens is 226 g/mol. The van der Waals surface area contributed by atoms with Gasteiger partial charge in [0.2, 0.25) is 5.91 Å². The van der Waals surface area contributed by atoms with Crippen LogP contribution in [-0.2, 0) is 4.79 Å². The highest BCUT2D eigenvalue weighted by molar-refractivity contribution is 5.75. The molecule has 0 saturated carbocycles. The zero-order valence-corrected chi connectivity index (χ0v) is 11.6. The smallest absolute Gasteiger partial charge is 0.219 e. The molecule has 0 aliphatic carbocycles. The van der Waals surface area contributed by atoms with Crippen molar-refractivity contribution in [3.63, 3.8) is 0 Å². The molecule has 104 valence electrons. The van der Waals surface area contributed by atoms with Gasteiger partial charge >= 0.3 is 0 Å². The molecule has 2 N–H and O–H groups in total. The quantitative estimate of drug-likeness (QED) is 0.767. The summed E-state index contributed by atoms with van der Waals surface area (Å²) in [4.78, 5) is 13.7. The number of amides is 1. The third-order valence-electron chi connectivity index (χ3n) is 4.37. The van der Waals surface area contributed by atoms with Gasteiger partial charge in [-0.15, -0.1) is 0 Å². The van der Waals surface area contributed by atoms with E-state index in [1.54, 1.807) is 7.05 Å². The molecule has 0 radical (unpaired) electrons. The lowest BCUT2D eigenvalue weighted by molar-refractivity contribution is -0.120. The Bertz CT molecular complexity index is 264. The molecule has 2 rings (SSSR count). The number of hydrogen-bond donors (Lipinski definition) is 2. The summed E-state index contributed by atoms with van der Waals surface area (Å²) in [5, 5.41) is 6.33. The lowest BCUT2D eigenvalue weighted by Crippen LogP contribution is -2.43. The monoisotopic (exact) mass is 253 g/mol. The van der Waals surface area contributed by atoms with E-state index in [1.165, 1.54) is 45.3 Å². The van der Waals surface area contributed by atoms with Crippen molar-refractivity contribution in [2.24, 2.45) is 5.92 Å². The predicted molar refractivity (Wildman–Crippen MR) is 73.5 cm³/mol. The SMILES string of the molecule is CNC(=O)CCCN1CCCC(C2CCCN2)C1. The number of carbonyl (C=O) groups excluding carboxylic acids is 1. The number of likely N-dealkylation sites (tertiary alicyclic amines) is 1. The van der Waals surface area contributed by atoms with E-state index in [1.807, 2.05) is 0 Å². The summed E-state index contributed by atoms with van der Waals surface area (Å²) in [6.45, 7) is 4.73. The Morgan fingerprint density at radius 2 is 2.28 bits per heavy atom. The van der Waals surface area contributed by atoms with Crippen LogP contribution in [0.25, 0.3) is 0 Å². The summed E-state index contributed by atoms with van der Waals surface area (Å²) < 4.78 is 0. The van der Waals surface area contributed by atoms with Crippen LogP contribution in [0, 0.1) is 5.92 Å². The maximum atomic E-state index is 11.2. The minimum atomic E-state index is 0.168. The van der Waals surface area contributed by atoms with Crippen molar-refractivity contribution in [2.75, 3.05) is 33.2 Å². The Hall–Kier alpha value is -0.610. The molecule has 18 heavy (non-hydrogen) atoms. The van der Waals surface area contributed by atoms with Gasteiger partial charge in [-0.3, -0.25) is 4.79 Å². The predicted octanol–water partition coefficient (Wildman–Crippen LogP) is 0.977. The average Bonchev–Trinajstić information content (AvgIpc) is 2.93. The lowest BCUT2D eigenvalue weighted by Gasteiger charge is -2.35. The van der Waals surface area contributed by atoms with Gasteiger partial charge in [0.1, 0.15) is 0 Å². The second-order valence-corrected chi connectivity index (χ2v) is 5.68. The molecule has 0 bridgehead atoms. The third kappa shape index (κ3) is 3.95. The highest BCUT2D eigenvalue weighted by atomic mass is 16.1. The molecule has 4 nitrogen and oxygen atoms in total. The summed E-state index contributed by atoms with van der Waals surface area (Å²) in [7, 11) is 1.71. The maximum Gasteiger partial charge on any atom is 0.219 e. The van der Waals surface area contributed by atoms with Gasteiger partial charge in [0.05, 0.1) is 0 Å². The Balaban J connectivity index is 1.68. The van der Waals surface area contributed by atoms with E-state index in [2.05, 4.69) is 15.5 Å². The summed E-state index contributed by atoms with van der Waals surface area (Å²) in [5.74, 6) is 1.00. The van der Waals surface area contributed by atoms with Gasteiger partial charge in [-0.1, -0.05) is 0 Å². The highest BCUT2D eigenvalue weighted by Crippen LogP contribution is 2.24. The largest absolute Gasteiger partial charge is 0.359 e. The van der Waals surface area contributed by atoms with Crippen LogP contribution in [0.15, 0.2) is 0 Å². The Labute approximate surface area is 110 Å². The van der Waals surface area contributed by atoms with Crippen LogP contribution in [0.1, 0.15) is 38.5 Å². The fourth-order valence-corrected chi connectivity index (χ4v) is 3.32. The van der Waals surface area contributed by atoms with E-state index in [4.69, 9.17) is 0 Å². The summed E-state index contributed by atoms with van der Waals surface area (Å²) in [5.41, 5.74) is 0. The zero-order chi connectivity index (χ0) is 12.8. The molecule has 2 heterocycles. The minimum Gasteiger partial charge on any atom is -0.359 e. The standard InChI is InChI=1S/C14H27N3O/c1-15-14(18)7-4-10-17-9-3-5-12(11-17)13-6-2-8-16-13/h12-13,16H,2-11H2,1H3,(H,15,18). The Kier molecular flexibility index (Phi) is 5.45. The van der Waals surface area contributed by atoms with Crippen molar-refractivity contribution in [2.45, 2.75) is 44.6 Å². The average molecular weight is 253 g/mol. The molecule has 2 fully saturated rings. The molecule has 0 aromatic carbocycles. The van der Waals surface area contributed by atoms with Gasteiger partial charge < -0.3 is 15.5 Å². The maximum absolute atomic E-state index is 11.2. The van der Waals surface area contributed by atoms with E-state index in [0.29, 0.717) is 6.42 Å². The van der Waals surface area contributed by atoms with Crippen LogP contribution in [0.5, 0.6) is 0 Å². The van der Waals surface area contributed by atoms with Crippen LogP contribution in [-0.4, -0.2) is 50.1 Å². The van der Waals surface area contributed by atoms with E-state index in [9.17, 15) is 4.79 Å². The molecule has 2 saturated heterocycles. The van der Waals surface area contributed by atoms with Gasteiger partial charge in [0, 0.05) is 26.1 Å². The fourth-order valence-electron chi connectivity index (χ4n) is 3.32. The number of rotatable bonds is 5. The van der Waals surface area contributed by atoms with Gasteiger partial charge in [-0.25, -0.2) is 0 Å². The lowest BCUT2D eigenvalue weighted by atomic mass is 9.89. The molecule has 0 spiro atoms. The van der Waals surface area contributed by atoms with E-state index >= 15 is 0 Å². The summed E-state index contributed by atoms with van der Waals surface area (Å²) >= 11 is 0. The van der Waals surface area contributed by atoms with Crippen molar-refractivity contribution in [1.82, 2.24) is 15.5 Å². The first-order valence-electron chi connectivity index (χ1n) is 7.46. The second-order valence-electron chi connectivity index (χ2n) is 5.68. The van der Waals surface area contributed by atoms with Crippen molar-refractivity contribution in [3.05, 3.63) is 0 Å². The van der Waals surface area contributed by atoms with Crippen LogP contribution >= 0.6 is 0 Å². The topological polar surface area (TPSA) is 44.4 Å². The van der Waals surface area contributed by atoms with Gasteiger partial charge in [0.15, 0.2) is 0 Å². The first kappa shape index (κ1) is 13.8. The molecule has 0 aromatic heterocycles. The van der Waals surface area contributed by atoms with E-state index in [-0.39, 0.29) is 5.91 Å². The van der Waals surface area contributed by atoms with Gasteiger partial charge in [-0.05, 0) is 57.7 Å². The number of nitrogens with one attached hydrogen (secondary N) is 2. The number of hydrogen-bond acceptors (Lipinski definition) is 3. The van der Waals surface area contributed by atoms with Crippen molar-refractivity contribution in [1.29, 1.82) is 0 Å². The van der Waals surface area contributed by atoms with E-state index in [0.717, 1.165) is 24.9 Å². The number of carbonyl (C=O) groups is 1. The highest BCUT2D eigenvalue weighted by Gasteiger charge is 2.28. The number of piperidine rings is 1. The van der Waals surface area contributed by atoms with Crippen LogP contribution < -0.4 is 10.6 Å². The Morgan fingerprint density at radius 1 is 1.39 bits per heavy atom. The molecule has 4 heteroatoms. The van der Waals surface area contributed by atoms with Crippen molar-refractivity contribution in [3.8, 4) is 0 Å². The molecular formula is C14H27N3O. The van der Waals surface area contributed by atoms with Crippen LogP contribution in [0.4, 0.5) is 0 Å². The molecule has 0 aromatic rings. The molecule has 1 amide bonds. The first-order chi connectivity index (χ1) is 8.79. The van der Waals surface area contributed by atoms with Crippen molar-refractivity contribution < 1.29 is 4.79 Å². The zero-order valence-electron chi connectivity index (χ0n) is 11.6. The minimum absolute atomic E-state index is 0.168. The third-order valence-corrected chi connectivity index (χ3v) is 4.37. The first-order valence-corrected chi connectivity index (χ1v) is 7.46. The van der Waals surface area contributed by atoms with Gasteiger partial charge in [0.25, 0.3) is 0 Å². The molecule has 2 unspecified atom stereocenters. The number of nitrogens with zero attached hydrogens (tertiary/aromatic N) is 1. The van der Waals surface area contributed by atoms with Gasteiger partial charge in [-0.2, -0.15) is 0 Å². The van der Waals surface area contributed by atoms with Crippen LogP contribution in [0.3, 0.4) is 0 Å². The summed E-state index contributed by atoms with van der Waals surface area (Å²) in [6.07, 6.45) is 7.06. The molecule has 2 aliphatic rings. The van der Waals surface area contributed by atoms with E-state index < -0.39 is 0 Å². The summed E-state index contributed by atoms with van der Waals surface area (Å²) in [6, 6.07) is 0.756. The van der Waals surface area contributed by atoms with Crippen LogP contribution in [0.2, 0.25) is 0 Å². The fraction of sp³-hybridized carbons (Fsp3) is 0.929. The van der Waals surface area contributed by atoms with Crippen molar-refractivity contribution >= 4 is 5.91 Å². The second kappa shape index (κ2) is 7.10. The normalized spacial score (nSPS) is 29.4.